The molecule has 0 radical (unpaired) electrons. The molecule has 1 aliphatic heterocycles. The predicted octanol–water partition coefficient (Wildman–Crippen LogP) is 3.67. The van der Waals surface area contributed by atoms with Crippen LogP contribution >= 0.6 is 39.3 Å². The zero-order valence-electron chi connectivity index (χ0n) is 9.45. The van der Waals surface area contributed by atoms with Gasteiger partial charge in [-0.15, -0.1) is 11.8 Å². The Hall–Kier alpha value is -0.190. The molecule has 0 N–H and O–H groups in total. The molecule has 0 saturated carbocycles. The number of alkyl halides is 1. The molecule has 0 bridgehead atoms. The van der Waals surface area contributed by atoms with Gasteiger partial charge in [0.05, 0.1) is 10.6 Å². The Morgan fingerprint density at radius 3 is 2.94 bits per heavy atom. The van der Waals surface area contributed by atoms with Gasteiger partial charge in [-0.05, 0) is 30.9 Å². The zero-order valence-corrected chi connectivity index (χ0v) is 12.6. The summed E-state index contributed by atoms with van der Waals surface area (Å²) in [7, 11) is 0. The molecular weight excluding hydrogens is 322 g/mol. The quantitative estimate of drug-likeness (QED) is 0.607. The third kappa shape index (κ3) is 2.98. The highest BCUT2D eigenvalue weighted by atomic mass is 79.9. The highest BCUT2D eigenvalue weighted by Crippen LogP contribution is 2.26. The number of hydrogen-bond donors (Lipinski definition) is 0. The second kappa shape index (κ2) is 5.63. The van der Waals surface area contributed by atoms with Gasteiger partial charge in [0, 0.05) is 22.8 Å². The predicted molar refractivity (Wildman–Crippen MR) is 76.5 cm³/mol. The molecule has 0 aliphatic carbocycles. The molecule has 5 heteroatoms. The molecule has 1 saturated heterocycles. The van der Waals surface area contributed by atoms with E-state index in [0.717, 1.165) is 24.4 Å². The molecule has 1 aromatic rings. The van der Waals surface area contributed by atoms with Crippen molar-refractivity contribution in [1.29, 1.82) is 0 Å². The number of amides is 1. The molecule has 1 fully saturated rings. The van der Waals surface area contributed by atoms with Crippen LogP contribution in [0.5, 0.6) is 0 Å². The summed E-state index contributed by atoms with van der Waals surface area (Å²) in [4.78, 5) is 15.6. The number of carbonyl (C=O) groups excluding carboxylic acids is 1. The van der Waals surface area contributed by atoms with E-state index in [4.69, 9.17) is 11.6 Å². The molecule has 1 amide bonds. The lowest BCUT2D eigenvalue weighted by molar-refractivity contribution is 0.0793. The average molecular weight is 335 g/mol. The van der Waals surface area contributed by atoms with Gasteiger partial charge in [-0.25, -0.2) is 0 Å². The minimum atomic E-state index is 0.0350. The highest BCUT2D eigenvalue weighted by molar-refractivity contribution is 9.09. The van der Waals surface area contributed by atoms with Gasteiger partial charge < -0.3 is 4.90 Å². The van der Waals surface area contributed by atoms with E-state index < -0.39 is 0 Å². The summed E-state index contributed by atoms with van der Waals surface area (Å²) in [5, 5.41) is 0.533. The van der Waals surface area contributed by atoms with Crippen molar-refractivity contribution in [1.82, 2.24) is 4.90 Å². The van der Waals surface area contributed by atoms with E-state index in [1.165, 1.54) is 0 Å². The smallest absolute Gasteiger partial charge is 0.255 e. The maximum absolute atomic E-state index is 12.3. The fraction of sp³-hybridized carbons (Fsp3) is 0.417. The minimum absolute atomic E-state index is 0.0350. The second-order valence-corrected chi connectivity index (χ2v) is 6.56. The first-order chi connectivity index (χ1) is 8.11. The first-order valence-corrected chi connectivity index (χ1v) is 7.90. The van der Waals surface area contributed by atoms with Gasteiger partial charge in [0.1, 0.15) is 0 Å². The van der Waals surface area contributed by atoms with E-state index >= 15 is 0 Å². The molecule has 1 aromatic carbocycles. The van der Waals surface area contributed by atoms with Crippen molar-refractivity contribution in [3.63, 3.8) is 0 Å². The standard InChI is InChI=1S/C12H13BrClNOS/c1-17-9-2-3-11(14)10(6-9)12(16)15-5-4-8(13)7-15/h2-3,6,8H,4-5,7H2,1H3. The minimum Gasteiger partial charge on any atom is -0.337 e. The van der Waals surface area contributed by atoms with E-state index in [1.54, 1.807) is 17.8 Å². The van der Waals surface area contributed by atoms with Crippen LogP contribution in [0.25, 0.3) is 0 Å². The van der Waals surface area contributed by atoms with Crippen LogP contribution < -0.4 is 0 Å². The van der Waals surface area contributed by atoms with E-state index in [1.807, 2.05) is 23.3 Å². The van der Waals surface area contributed by atoms with Gasteiger partial charge in [-0.1, -0.05) is 27.5 Å². The Bertz CT molecular complexity index is 441. The maximum Gasteiger partial charge on any atom is 0.255 e. The first kappa shape index (κ1) is 13.2. The lowest BCUT2D eigenvalue weighted by Gasteiger charge is -2.16. The zero-order chi connectivity index (χ0) is 12.4. The molecule has 2 nitrogen and oxygen atoms in total. The third-order valence-electron chi connectivity index (χ3n) is 2.82. The van der Waals surface area contributed by atoms with Gasteiger partial charge in [0.25, 0.3) is 5.91 Å². The normalized spacial score (nSPS) is 19.7. The van der Waals surface area contributed by atoms with E-state index in [2.05, 4.69) is 15.9 Å². The van der Waals surface area contributed by atoms with Crippen molar-refractivity contribution < 1.29 is 4.79 Å². The molecule has 1 atom stereocenters. The Balaban J connectivity index is 2.24. The van der Waals surface area contributed by atoms with Gasteiger partial charge >= 0.3 is 0 Å². The van der Waals surface area contributed by atoms with Crippen LogP contribution in [-0.2, 0) is 0 Å². The van der Waals surface area contributed by atoms with Crippen LogP contribution in [0, 0.1) is 0 Å². The molecule has 0 aromatic heterocycles. The van der Waals surface area contributed by atoms with Crippen molar-refractivity contribution in [2.75, 3.05) is 19.3 Å². The third-order valence-corrected chi connectivity index (χ3v) is 4.62. The summed E-state index contributed by atoms with van der Waals surface area (Å²) in [6, 6.07) is 5.60. The Morgan fingerprint density at radius 1 is 1.59 bits per heavy atom. The largest absolute Gasteiger partial charge is 0.337 e. The first-order valence-electron chi connectivity index (χ1n) is 5.38. The fourth-order valence-electron chi connectivity index (χ4n) is 1.87. The summed E-state index contributed by atoms with van der Waals surface area (Å²) in [5.41, 5.74) is 0.611. The van der Waals surface area contributed by atoms with Gasteiger partial charge in [0.2, 0.25) is 0 Å². The SMILES string of the molecule is CSc1ccc(Cl)c(C(=O)N2CCC(Br)C2)c1. The van der Waals surface area contributed by atoms with Crippen LogP contribution in [-0.4, -0.2) is 35.0 Å². The summed E-state index contributed by atoms with van der Waals surface area (Å²) < 4.78 is 0. The number of likely N-dealkylation sites (tertiary alicyclic amines) is 1. The number of thioether (sulfide) groups is 1. The molecule has 0 spiro atoms. The number of benzene rings is 1. The van der Waals surface area contributed by atoms with Crippen molar-refractivity contribution in [2.45, 2.75) is 16.1 Å². The van der Waals surface area contributed by atoms with Crippen LogP contribution in [0.3, 0.4) is 0 Å². The van der Waals surface area contributed by atoms with Gasteiger partial charge in [-0.3, -0.25) is 4.79 Å². The second-order valence-electron chi connectivity index (χ2n) is 3.98. The molecule has 17 heavy (non-hydrogen) atoms. The summed E-state index contributed by atoms with van der Waals surface area (Å²) >= 11 is 11.2. The monoisotopic (exact) mass is 333 g/mol. The molecule has 2 rings (SSSR count). The van der Waals surface area contributed by atoms with E-state index in [-0.39, 0.29) is 5.91 Å². The van der Waals surface area contributed by atoms with E-state index in [0.29, 0.717) is 15.4 Å². The topological polar surface area (TPSA) is 20.3 Å². The summed E-state index contributed by atoms with van der Waals surface area (Å²) in [5.74, 6) is 0.0350. The molecule has 1 aliphatic rings. The lowest BCUT2D eigenvalue weighted by atomic mass is 10.2. The van der Waals surface area contributed by atoms with Crippen molar-refractivity contribution in [3.8, 4) is 0 Å². The molecule has 1 unspecified atom stereocenters. The number of hydrogen-bond acceptors (Lipinski definition) is 2. The lowest BCUT2D eigenvalue weighted by Crippen LogP contribution is -2.29. The number of halogens is 2. The maximum atomic E-state index is 12.3. The highest BCUT2D eigenvalue weighted by Gasteiger charge is 2.26. The van der Waals surface area contributed by atoms with Gasteiger partial charge in [-0.2, -0.15) is 0 Å². The van der Waals surface area contributed by atoms with Crippen LogP contribution in [0.4, 0.5) is 0 Å². The number of rotatable bonds is 2. The molecule has 1 heterocycles. The average Bonchev–Trinajstić information content (AvgIpc) is 2.76. The summed E-state index contributed by atoms with van der Waals surface area (Å²) in [6.45, 7) is 1.56. The van der Waals surface area contributed by atoms with Crippen molar-refractivity contribution >= 4 is 45.2 Å². The molecular formula is C12H13BrClNOS. The van der Waals surface area contributed by atoms with Gasteiger partial charge in [0.15, 0.2) is 0 Å². The number of carbonyl (C=O) groups is 1. The van der Waals surface area contributed by atoms with Crippen molar-refractivity contribution in [3.05, 3.63) is 28.8 Å². The van der Waals surface area contributed by atoms with Crippen molar-refractivity contribution in [2.24, 2.45) is 0 Å². The Kier molecular flexibility index (Phi) is 4.39. The van der Waals surface area contributed by atoms with Crippen LogP contribution in [0.1, 0.15) is 16.8 Å². The molecule has 92 valence electrons. The number of nitrogens with zero attached hydrogens (tertiary/aromatic N) is 1. The summed E-state index contributed by atoms with van der Waals surface area (Å²) in [6.07, 6.45) is 2.99. The van der Waals surface area contributed by atoms with E-state index in [9.17, 15) is 4.79 Å². The fourth-order valence-corrected chi connectivity index (χ4v) is 3.06. The van der Waals surface area contributed by atoms with Crippen LogP contribution in [0.15, 0.2) is 23.1 Å². The Morgan fingerprint density at radius 2 is 2.35 bits per heavy atom. The Labute approximate surface area is 119 Å². The van der Waals surface area contributed by atoms with Crippen LogP contribution in [0.2, 0.25) is 5.02 Å².